The van der Waals surface area contributed by atoms with Gasteiger partial charge >= 0.3 is 0 Å². The molecule has 0 radical (unpaired) electrons. The summed E-state index contributed by atoms with van der Waals surface area (Å²) in [5, 5.41) is 7.65. The minimum absolute atomic E-state index is 0. The highest BCUT2D eigenvalue weighted by molar-refractivity contribution is 6.30. The summed E-state index contributed by atoms with van der Waals surface area (Å²) in [7, 11) is 0. The number of hydrogen-bond donors (Lipinski definition) is 2. The van der Waals surface area contributed by atoms with Crippen LogP contribution in [0.3, 0.4) is 0 Å². The summed E-state index contributed by atoms with van der Waals surface area (Å²) in [5.41, 5.74) is 1.14. The van der Waals surface area contributed by atoms with E-state index in [1.54, 1.807) is 0 Å². The van der Waals surface area contributed by atoms with E-state index in [2.05, 4.69) is 22.8 Å². The third-order valence-electron chi connectivity index (χ3n) is 3.61. The molecule has 0 amide bonds. The first-order valence-electron chi connectivity index (χ1n) is 7.30. The van der Waals surface area contributed by atoms with Crippen LogP contribution in [-0.2, 0) is 0 Å². The molecule has 1 heterocycles. The van der Waals surface area contributed by atoms with E-state index in [0.717, 1.165) is 30.3 Å². The molecule has 1 aliphatic heterocycles. The molecule has 0 aliphatic carbocycles. The number of hydrogen-bond acceptors (Lipinski definition) is 3. The molecule has 2 aromatic carbocycles. The van der Waals surface area contributed by atoms with Crippen LogP contribution in [0.25, 0.3) is 0 Å². The van der Waals surface area contributed by atoms with Gasteiger partial charge in [-0.3, -0.25) is 0 Å². The number of anilines is 1. The zero-order valence-electron chi connectivity index (χ0n) is 12.2. The molecule has 0 bridgehead atoms. The van der Waals surface area contributed by atoms with Crippen molar-refractivity contribution in [1.29, 1.82) is 0 Å². The van der Waals surface area contributed by atoms with Gasteiger partial charge in [0.1, 0.15) is 11.5 Å². The predicted octanol–water partition coefficient (Wildman–Crippen LogP) is 4.72. The van der Waals surface area contributed by atoms with Gasteiger partial charge in [-0.25, -0.2) is 0 Å². The van der Waals surface area contributed by atoms with Crippen molar-refractivity contribution in [2.75, 3.05) is 18.4 Å². The zero-order chi connectivity index (χ0) is 14.5. The quantitative estimate of drug-likeness (QED) is 0.846. The van der Waals surface area contributed by atoms with Crippen LogP contribution in [0.1, 0.15) is 12.8 Å². The summed E-state index contributed by atoms with van der Waals surface area (Å²) < 4.78 is 5.78. The average Bonchev–Trinajstić information content (AvgIpc) is 2.53. The Hall–Kier alpha value is -1.42. The van der Waals surface area contributed by atoms with Crippen LogP contribution in [0.2, 0.25) is 5.02 Å². The van der Waals surface area contributed by atoms with E-state index in [-0.39, 0.29) is 12.4 Å². The van der Waals surface area contributed by atoms with Gasteiger partial charge in [0.2, 0.25) is 0 Å². The number of benzene rings is 2. The van der Waals surface area contributed by atoms with E-state index in [1.165, 1.54) is 12.8 Å². The maximum atomic E-state index is 5.86. The van der Waals surface area contributed by atoms with Gasteiger partial charge in [0.05, 0.1) is 0 Å². The number of piperidine rings is 1. The lowest BCUT2D eigenvalue weighted by molar-refractivity contribution is 0.477. The molecule has 2 N–H and O–H groups in total. The first-order valence-corrected chi connectivity index (χ1v) is 7.68. The van der Waals surface area contributed by atoms with E-state index in [0.29, 0.717) is 11.1 Å². The molecule has 0 saturated carbocycles. The Kier molecular flexibility index (Phi) is 6.37. The molecule has 0 unspecified atom stereocenters. The van der Waals surface area contributed by atoms with Gasteiger partial charge in [0.25, 0.3) is 0 Å². The summed E-state index contributed by atoms with van der Waals surface area (Å²) in [4.78, 5) is 0. The first kappa shape index (κ1) is 16.9. The fourth-order valence-electron chi connectivity index (χ4n) is 2.46. The highest BCUT2D eigenvalue weighted by Gasteiger charge is 2.12. The number of nitrogens with one attached hydrogen (secondary N) is 2. The number of rotatable bonds is 4. The van der Waals surface area contributed by atoms with E-state index < -0.39 is 0 Å². The van der Waals surface area contributed by atoms with Gasteiger partial charge in [-0.2, -0.15) is 0 Å². The molecule has 22 heavy (non-hydrogen) atoms. The lowest BCUT2D eigenvalue weighted by Gasteiger charge is -2.24. The Bertz CT molecular complexity index is 566. The monoisotopic (exact) mass is 338 g/mol. The Morgan fingerprint density at radius 1 is 0.909 bits per heavy atom. The molecule has 1 aliphatic rings. The first-order chi connectivity index (χ1) is 10.3. The fraction of sp³-hybridized carbons (Fsp3) is 0.294. The van der Waals surface area contributed by atoms with Crippen LogP contribution in [0, 0.1) is 0 Å². The third-order valence-corrected chi connectivity index (χ3v) is 3.87. The normalized spacial score (nSPS) is 15.0. The minimum Gasteiger partial charge on any atom is -0.457 e. The maximum absolute atomic E-state index is 5.86. The maximum Gasteiger partial charge on any atom is 0.127 e. The predicted molar refractivity (Wildman–Crippen MR) is 94.7 cm³/mol. The molecule has 5 heteroatoms. The topological polar surface area (TPSA) is 33.3 Å². The van der Waals surface area contributed by atoms with Crippen molar-refractivity contribution in [3.05, 3.63) is 53.6 Å². The largest absolute Gasteiger partial charge is 0.457 e. The van der Waals surface area contributed by atoms with Crippen LogP contribution >= 0.6 is 24.0 Å². The number of ether oxygens (including phenoxy) is 1. The Morgan fingerprint density at radius 3 is 2.05 bits per heavy atom. The highest BCUT2D eigenvalue weighted by atomic mass is 35.5. The van der Waals surface area contributed by atoms with Crippen LogP contribution in [0.5, 0.6) is 11.5 Å². The molecular weight excluding hydrogens is 319 g/mol. The lowest BCUT2D eigenvalue weighted by atomic mass is 10.1. The second-order valence-corrected chi connectivity index (χ2v) is 5.69. The van der Waals surface area contributed by atoms with Crippen molar-refractivity contribution in [3.8, 4) is 11.5 Å². The number of halogens is 2. The average molecular weight is 339 g/mol. The Morgan fingerprint density at radius 2 is 1.45 bits per heavy atom. The molecule has 3 nitrogen and oxygen atoms in total. The van der Waals surface area contributed by atoms with Crippen molar-refractivity contribution in [2.45, 2.75) is 18.9 Å². The Balaban J connectivity index is 0.00000176. The van der Waals surface area contributed by atoms with Gasteiger partial charge in [-0.15, -0.1) is 12.4 Å². The Labute approximate surface area is 142 Å². The smallest absolute Gasteiger partial charge is 0.127 e. The SMILES string of the molecule is Cl.Clc1ccc(Oc2ccc(NC3CCNCC3)cc2)cc1. The second kappa shape index (κ2) is 8.28. The van der Waals surface area contributed by atoms with Crippen molar-refractivity contribution in [1.82, 2.24) is 5.32 Å². The van der Waals surface area contributed by atoms with Crippen molar-refractivity contribution in [3.63, 3.8) is 0 Å². The van der Waals surface area contributed by atoms with Crippen molar-refractivity contribution < 1.29 is 4.74 Å². The van der Waals surface area contributed by atoms with Gasteiger partial charge in [-0.1, -0.05) is 11.6 Å². The van der Waals surface area contributed by atoms with Gasteiger partial charge < -0.3 is 15.4 Å². The van der Waals surface area contributed by atoms with Gasteiger partial charge in [0, 0.05) is 16.8 Å². The third kappa shape index (κ3) is 4.80. The zero-order valence-corrected chi connectivity index (χ0v) is 13.8. The minimum atomic E-state index is 0. The summed E-state index contributed by atoms with van der Waals surface area (Å²) in [5.74, 6) is 1.62. The summed E-state index contributed by atoms with van der Waals surface area (Å²) in [6.45, 7) is 2.19. The summed E-state index contributed by atoms with van der Waals surface area (Å²) in [6.07, 6.45) is 2.34. The molecular formula is C17H20Cl2N2O. The van der Waals surface area contributed by atoms with Crippen LogP contribution < -0.4 is 15.4 Å². The van der Waals surface area contributed by atoms with Crippen molar-refractivity contribution in [2.24, 2.45) is 0 Å². The van der Waals surface area contributed by atoms with Gasteiger partial charge in [0.15, 0.2) is 0 Å². The van der Waals surface area contributed by atoms with Crippen molar-refractivity contribution >= 4 is 29.7 Å². The standard InChI is InChI=1S/C17H19ClN2O.ClH/c18-13-1-5-16(6-2-13)21-17-7-3-14(4-8-17)20-15-9-11-19-12-10-15;/h1-8,15,19-20H,9-12H2;1H. The van der Waals surface area contributed by atoms with E-state index in [9.17, 15) is 0 Å². The van der Waals surface area contributed by atoms with E-state index in [4.69, 9.17) is 16.3 Å². The van der Waals surface area contributed by atoms with E-state index in [1.807, 2.05) is 36.4 Å². The molecule has 1 fully saturated rings. The van der Waals surface area contributed by atoms with Gasteiger partial charge in [-0.05, 0) is 74.5 Å². The van der Waals surface area contributed by atoms with Crippen LogP contribution in [-0.4, -0.2) is 19.1 Å². The second-order valence-electron chi connectivity index (χ2n) is 5.25. The van der Waals surface area contributed by atoms with Crippen LogP contribution in [0.15, 0.2) is 48.5 Å². The molecule has 118 valence electrons. The molecule has 0 spiro atoms. The highest BCUT2D eigenvalue weighted by Crippen LogP contribution is 2.25. The molecule has 3 rings (SSSR count). The fourth-order valence-corrected chi connectivity index (χ4v) is 2.59. The molecule has 2 aromatic rings. The molecule has 0 aromatic heterocycles. The molecule has 1 saturated heterocycles. The van der Waals surface area contributed by atoms with E-state index >= 15 is 0 Å². The molecule has 0 atom stereocenters. The summed E-state index contributed by atoms with van der Waals surface area (Å²) >= 11 is 5.86. The summed E-state index contributed by atoms with van der Waals surface area (Å²) in [6, 6.07) is 16.0. The van der Waals surface area contributed by atoms with Crippen LogP contribution in [0.4, 0.5) is 5.69 Å². The lowest BCUT2D eigenvalue weighted by Crippen LogP contribution is -2.35.